The van der Waals surface area contributed by atoms with Gasteiger partial charge in [0.05, 0.1) is 0 Å². The number of halogens is 1. The van der Waals surface area contributed by atoms with Crippen molar-refractivity contribution >= 4 is 23.4 Å². The molecule has 0 aliphatic rings. The van der Waals surface area contributed by atoms with Crippen LogP contribution < -0.4 is 10.6 Å². The van der Waals surface area contributed by atoms with Crippen LogP contribution in [0.15, 0.2) is 35.0 Å². The monoisotopic (exact) mass is 352 g/mol. The van der Waals surface area contributed by atoms with E-state index in [0.29, 0.717) is 27.7 Å². The van der Waals surface area contributed by atoms with E-state index in [1.165, 1.54) is 16.4 Å². The largest absolute Gasteiger partial charge is 0.485 e. The van der Waals surface area contributed by atoms with E-state index < -0.39 is 0 Å². The molecule has 1 aromatic heterocycles. The van der Waals surface area contributed by atoms with E-state index in [9.17, 15) is 0 Å². The molecule has 0 aliphatic carbocycles. The summed E-state index contributed by atoms with van der Waals surface area (Å²) in [6.07, 6.45) is 0. The molecule has 0 saturated carbocycles. The molecular formula is C16H21ClN4OS. The standard InChI is InChI=1S/C16H21ClN4OS/c1-10(2)13-6-5-11(3)7-14(13)22-8-15-19-20-16(21(15)18)23-9-12(4)17/h5-7,10H,4,8-9,18H2,1-3H3. The number of rotatable bonds is 7. The first-order valence-electron chi connectivity index (χ1n) is 7.27. The molecule has 0 atom stereocenters. The molecule has 0 spiro atoms. The maximum absolute atomic E-state index is 6.00. The predicted molar refractivity (Wildman–Crippen MR) is 95.5 cm³/mol. The smallest absolute Gasteiger partial charge is 0.210 e. The number of nitrogen functional groups attached to an aromatic ring is 1. The van der Waals surface area contributed by atoms with Gasteiger partial charge in [-0.15, -0.1) is 10.2 Å². The molecule has 1 heterocycles. The Morgan fingerprint density at radius 1 is 1.43 bits per heavy atom. The van der Waals surface area contributed by atoms with Crippen molar-refractivity contribution in [3.8, 4) is 5.75 Å². The lowest BCUT2D eigenvalue weighted by molar-refractivity contribution is 0.287. The van der Waals surface area contributed by atoms with Crippen molar-refractivity contribution in [3.63, 3.8) is 0 Å². The molecule has 0 radical (unpaired) electrons. The second kappa shape index (κ2) is 7.75. The molecule has 0 amide bonds. The summed E-state index contributed by atoms with van der Waals surface area (Å²) in [4.78, 5) is 0. The van der Waals surface area contributed by atoms with E-state index in [0.717, 1.165) is 16.9 Å². The van der Waals surface area contributed by atoms with Crippen LogP contribution in [-0.4, -0.2) is 20.6 Å². The first kappa shape index (κ1) is 17.7. The van der Waals surface area contributed by atoms with Gasteiger partial charge in [-0.05, 0) is 30.0 Å². The Hall–Kier alpha value is -1.66. The van der Waals surface area contributed by atoms with E-state index >= 15 is 0 Å². The minimum Gasteiger partial charge on any atom is -0.485 e. The summed E-state index contributed by atoms with van der Waals surface area (Å²) in [5.41, 5.74) is 2.31. The number of aromatic nitrogens is 3. The molecule has 0 bridgehead atoms. The summed E-state index contributed by atoms with van der Waals surface area (Å²) >= 11 is 7.14. The number of benzene rings is 1. The van der Waals surface area contributed by atoms with Crippen LogP contribution in [0.2, 0.25) is 0 Å². The Bertz CT molecular complexity index is 699. The fraction of sp³-hybridized carbons (Fsp3) is 0.375. The second-order valence-corrected chi connectivity index (χ2v) is 7.04. The van der Waals surface area contributed by atoms with Crippen LogP contribution in [-0.2, 0) is 6.61 Å². The zero-order chi connectivity index (χ0) is 17.0. The maximum atomic E-state index is 6.00. The van der Waals surface area contributed by atoms with Gasteiger partial charge in [-0.3, -0.25) is 0 Å². The SMILES string of the molecule is C=C(Cl)CSc1nnc(COc2cc(C)ccc2C(C)C)n1N. The topological polar surface area (TPSA) is 66.0 Å². The molecule has 0 fully saturated rings. The average Bonchev–Trinajstić information content (AvgIpc) is 2.83. The van der Waals surface area contributed by atoms with Gasteiger partial charge in [-0.1, -0.05) is 55.9 Å². The van der Waals surface area contributed by atoms with E-state index in [2.05, 4.69) is 42.8 Å². The molecule has 2 rings (SSSR count). The third-order valence-corrected chi connectivity index (χ3v) is 4.56. The lowest BCUT2D eigenvalue weighted by Gasteiger charge is -2.14. The minimum absolute atomic E-state index is 0.259. The summed E-state index contributed by atoms with van der Waals surface area (Å²) in [6.45, 7) is 10.2. The molecule has 23 heavy (non-hydrogen) atoms. The van der Waals surface area contributed by atoms with E-state index in [1.54, 1.807) is 0 Å². The Kier molecular flexibility index (Phi) is 5.96. The van der Waals surface area contributed by atoms with Crippen LogP contribution in [0.5, 0.6) is 5.75 Å². The van der Waals surface area contributed by atoms with Gasteiger partial charge < -0.3 is 10.6 Å². The van der Waals surface area contributed by atoms with Gasteiger partial charge in [0.25, 0.3) is 0 Å². The van der Waals surface area contributed by atoms with Crippen LogP contribution in [0, 0.1) is 6.92 Å². The third kappa shape index (κ3) is 4.65. The summed E-state index contributed by atoms with van der Waals surface area (Å²) in [6, 6.07) is 6.21. The minimum atomic E-state index is 0.259. The number of ether oxygens (including phenoxy) is 1. The molecule has 7 heteroatoms. The maximum Gasteiger partial charge on any atom is 0.210 e. The molecule has 0 saturated heterocycles. The highest BCUT2D eigenvalue weighted by molar-refractivity contribution is 7.99. The van der Waals surface area contributed by atoms with Crippen LogP contribution in [0.25, 0.3) is 0 Å². The third-order valence-electron chi connectivity index (χ3n) is 3.24. The van der Waals surface area contributed by atoms with Crippen LogP contribution >= 0.6 is 23.4 Å². The first-order chi connectivity index (χ1) is 10.9. The number of nitrogens with zero attached hydrogens (tertiary/aromatic N) is 3. The van der Waals surface area contributed by atoms with Crippen molar-refractivity contribution in [1.29, 1.82) is 0 Å². The fourth-order valence-electron chi connectivity index (χ4n) is 2.03. The van der Waals surface area contributed by atoms with E-state index in [1.807, 2.05) is 13.0 Å². The summed E-state index contributed by atoms with van der Waals surface area (Å²) in [5, 5.41) is 9.24. The average molecular weight is 353 g/mol. The van der Waals surface area contributed by atoms with Gasteiger partial charge in [0, 0.05) is 10.8 Å². The molecule has 5 nitrogen and oxygen atoms in total. The van der Waals surface area contributed by atoms with Crippen molar-refractivity contribution in [3.05, 3.63) is 46.8 Å². The zero-order valence-electron chi connectivity index (χ0n) is 13.5. The van der Waals surface area contributed by atoms with Gasteiger partial charge in [-0.25, -0.2) is 4.68 Å². The van der Waals surface area contributed by atoms with Crippen molar-refractivity contribution in [2.45, 2.75) is 38.5 Å². The lowest BCUT2D eigenvalue weighted by atomic mass is 10.0. The Morgan fingerprint density at radius 2 is 2.17 bits per heavy atom. The second-order valence-electron chi connectivity index (χ2n) is 5.56. The van der Waals surface area contributed by atoms with E-state index in [-0.39, 0.29) is 6.61 Å². The molecular weight excluding hydrogens is 332 g/mol. The zero-order valence-corrected chi connectivity index (χ0v) is 15.1. The predicted octanol–water partition coefficient (Wildman–Crippen LogP) is 3.85. The summed E-state index contributed by atoms with van der Waals surface area (Å²) in [5.74, 6) is 8.32. The number of thioether (sulfide) groups is 1. The lowest BCUT2D eigenvalue weighted by Crippen LogP contribution is -2.16. The van der Waals surface area contributed by atoms with Gasteiger partial charge in [0.2, 0.25) is 5.16 Å². The molecule has 2 aromatic rings. The molecule has 0 unspecified atom stereocenters. The van der Waals surface area contributed by atoms with Gasteiger partial charge >= 0.3 is 0 Å². The number of hydrogen-bond donors (Lipinski definition) is 1. The Balaban J connectivity index is 2.10. The van der Waals surface area contributed by atoms with Crippen LogP contribution in [0.1, 0.15) is 36.7 Å². The van der Waals surface area contributed by atoms with Crippen LogP contribution in [0.3, 0.4) is 0 Å². The van der Waals surface area contributed by atoms with Gasteiger partial charge in [0.15, 0.2) is 5.82 Å². The van der Waals surface area contributed by atoms with Crippen molar-refractivity contribution < 1.29 is 4.74 Å². The number of aryl methyl sites for hydroxylation is 1. The van der Waals surface area contributed by atoms with Gasteiger partial charge in [-0.2, -0.15) is 0 Å². The molecule has 124 valence electrons. The molecule has 2 N–H and O–H groups in total. The number of nitrogens with two attached hydrogens (primary N) is 1. The highest BCUT2D eigenvalue weighted by Gasteiger charge is 2.13. The quantitative estimate of drug-likeness (QED) is 0.605. The van der Waals surface area contributed by atoms with Crippen molar-refractivity contribution in [1.82, 2.24) is 14.9 Å². The highest BCUT2D eigenvalue weighted by Crippen LogP contribution is 2.28. The highest BCUT2D eigenvalue weighted by atomic mass is 35.5. The Labute approximate surface area is 145 Å². The normalized spacial score (nSPS) is 11.0. The van der Waals surface area contributed by atoms with Crippen molar-refractivity contribution in [2.75, 3.05) is 11.6 Å². The fourth-order valence-corrected chi connectivity index (χ4v) is 2.83. The van der Waals surface area contributed by atoms with Crippen LogP contribution in [0.4, 0.5) is 0 Å². The summed E-state index contributed by atoms with van der Waals surface area (Å²) in [7, 11) is 0. The first-order valence-corrected chi connectivity index (χ1v) is 8.63. The van der Waals surface area contributed by atoms with Gasteiger partial charge in [0.1, 0.15) is 12.4 Å². The number of hydrogen-bond acceptors (Lipinski definition) is 5. The van der Waals surface area contributed by atoms with Crippen molar-refractivity contribution in [2.24, 2.45) is 0 Å². The Morgan fingerprint density at radius 3 is 2.83 bits per heavy atom. The molecule has 1 aromatic carbocycles. The van der Waals surface area contributed by atoms with E-state index in [4.69, 9.17) is 22.2 Å². The summed E-state index contributed by atoms with van der Waals surface area (Å²) < 4.78 is 7.35. The molecule has 0 aliphatic heterocycles.